The van der Waals surface area contributed by atoms with Gasteiger partial charge < -0.3 is 19.3 Å². The molecule has 1 N–H and O–H groups in total. The molecule has 0 saturated carbocycles. The van der Waals surface area contributed by atoms with E-state index in [0.717, 1.165) is 0 Å². The van der Waals surface area contributed by atoms with Crippen LogP contribution in [0.4, 0.5) is 10.1 Å². The molecule has 2 aromatic carbocycles. The van der Waals surface area contributed by atoms with Gasteiger partial charge in [-0.15, -0.1) is 0 Å². The molecule has 8 heteroatoms. The maximum Gasteiger partial charge on any atom is 0.278 e. The van der Waals surface area contributed by atoms with E-state index in [0.29, 0.717) is 27.3 Å². The van der Waals surface area contributed by atoms with Gasteiger partial charge in [0, 0.05) is 4.47 Å². The number of benzene rings is 2. The zero-order chi connectivity index (χ0) is 19.4. The van der Waals surface area contributed by atoms with Gasteiger partial charge in [0.25, 0.3) is 5.91 Å². The fourth-order valence-corrected chi connectivity index (χ4v) is 2.73. The molecule has 0 aliphatic heterocycles. The summed E-state index contributed by atoms with van der Waals surface area (Å²) in [6.07, 6.45) is 0. The van der Waals surface area contributed by atoms with Gasteiger partial charge in [-0.3, -0.25) is 4.79 Å². The third-order valence-electron chi connectivity index (χ3n) is 3.82. The Bertz CT molecular complexity index is 974. The predicted molar refractivity (Wildman–Crippen MR) is 101 cm³/mol. The van der Waals surface area contributed by atoms with Crippen LogP contribution in [0.25, 0.3) is 0 Å². The van der Waals surface area contributed by atoms with E-state index in [1.165, 1.54) is 12.1 Å². The van der Waals surface area contributed by atoms with E-state index in [-0.39, 0.29) is 18.0 Å². The second-order valence-electron chi connectivity index (χ2n) is 5.58. The summed E-state index contributed by atoms with van der Waals surface area (Å²) in [5, 5.41) is 6.27. The highest BCUT2D eigenvalue weighted by Gasteiger charge is 2.22. The number of para-hydroxylation sites is 2. The maximum absolute atomic E-state index is 14.0. The van der Waals surface area contributed by atoms with Gasteiger partial charge in [0.1, 0.15) is 18.2 Å². The Hall–Kier alpha value is -2.87. The topological polar surface area (TPSA) is 73.6 Å². The van der Waals surface area contributed by atoms with E-state index < -0.39 is 11.7 Å². The number of aryl methyl sites for hydroxylation is 1. The number of amides is 1. The van der Waals surface area contributed by atoms with Crippen LogP contribution < -0.4 is 14.8 Å². The van der Waals surface area contributed by atoms with Crippen molar-refractivity contribution in [2.24, 2.45) is 0 Å². The van der Waals surface area contributed by atoms with Crippen LogP contribution in [0.15, 0.2) is 51.5 Å². The minimum atomic E-state index is -0.591. The summed E-state index contributed by atoms with van der Waals surface area (Å²) in [7, 11) is 1.54. The van der Waals surface area contributed by atoms with E-state index in [4.69, 9.17) is 14.0 Å². The molecule has 1 heterocycles. The van der Waals surface area contributed by atoms with Gasteiger partial charge in [0.2, 0.25) is 0 Å². The Labute approximate surface area is 163 Å². The van der Waals surface area contributed by atoms with Crippen molar-refractivity contribution in [2.75, 3.05) is 12.4 Å². The molecule has 27 heavy (non-hydrogen) atoms. The zero-order valence-electron chi connectivity index (χ0n) is 14.6. The van der Waals surface area contributed by atoms with Crippen molar-refractivity contribution in [3.63, 3.8) is 0 Å². The molecule has 0 aliphatic carbocycles. The minimum absolute atomic E-state index is 0.0321. The number of hydrogen-bond acceptors (Lipinski definition) is 5. The van der Waals surface area contributed by atoms with E-state index in [1.54, 1.807) is 32.2 Å². The summed E-state index contributed by atoms with van der Waals surface area (Å²) >= 11 is 3.17. The number of hydrogen-bond donors (Lipinski definition) is 1. The average Bonchev–Trinajstić information content (AvgIpc) is 3.03. The lowest BCUT2D eigenvalue weighted by Gasteiger charge is -2.10. The Morgan fingerprint density at radius 3 is 2.70 bits per heavy atom. The molecule has 3 rings (SSSR count). The summed E-state index contributed by atoms with van der Waals surface area (Å²) < 4.78 is 30.6. The number of carbonyl (C=O) groups excluding carboxylic acids is 1. The lowest BCUT2D eigenvalue weighted by Crippen LogP contribution is -2.16. The van der Waals surface area contributed by atoms with Crippen LogP contribution in [0.1, 0.15) is 21.8 Å². The molecule has 0 radical (unpaired) electrons. The summed E-state index contributed by atoms with van der Waals surface area (Å²) in [5.74, 6) is 0.364. The molecule has 0 aliphatic rings. The van der Waals surface area contributed by atoms with Crippen molar-refractivity contribution >= 4 is 27.5 Å². The number of methoxy groups -OCH3 is 1. The minimum Gasteiger partial charge on any atom is -0.493 e. The standard InChI is InChI=1S/C19H16BrFN2O4/c1-11-13(10-26-17-6-4-3-5-16(17)25-2)18(23-27-11)19(24)22-15-8-7-12(20)9-14(15)21/h3-9H,10H2,1-2H3,(H,22,24). The van der Waals surface area contributed by atoms with Crippen LogP contribution in [0.2, 0.25) is 0 Å². The molecule has 0 bridgehead atoms. The van der Waals surface area contributed by atoms with E-state index in [1.807, 2.05) is 12.1 Å². The second kappa shape index (κ2) is 8.22. The van der Waals surface area contributed by atoms with Crippen LogP contribution >= 0.6 is 15.9 Å². The highest BCUT2D eigenvalue weighted by molar-refractivity contribution is 9.10. The van der Waals surface area contributed by atoms with Crippen molar-refractivity contribution in [2.45, 2.75) is 13.5 Å². The normalized spacial score (nSPS) is 10.5. The van der Waals surface area contributed by atoms with Crippen molar-refractivity contribution < 1.29 is 23.2 Å². The average molecular weight is 435 g/mol. The first kappa shape index (κ1) is 18.9. The van der Waals surface area contributed by atoms with Crippen LogP contribution in [0.3, 0.4) is 0 Å². The van der Waals surface area contributed by atoms with Crippen LogP contribution in [-0.2, 0) is 6.61 Å². The van der Waals surface area contributed by atoms with Crippen molar-refractivity contribution in [3.05, 3.63) is 69.8 Å². The number of rotatable bonds is 6. The fourth-order valence-electron chi connectivity index (χ4n) is 2.40. The smallest absolute Gasteiger partial charge is 0.278 e. The number of ether oxygens (including phenoxy) is 2. The predicted octanol–water partition coefficient (Wildman–Crippen LogP) is 4.72. The molecular weight excluding hydrogens is 419 g/mol. The zero-order valence-corrected chi connectivity index (χ0v) is 16.2. The van der Waals surface area contributed by atoms with Gasteiger partial charge in [0.15, 0.2) is 17.2 Å². The molecule has 0 fully saturated rings. The highest BCUT2D eigenvalue weighted by Crippen LogP contribution is 2.28. The molecule has 0 spiro atoms. The van der Waals surface area contributed by atoms with E-state index >= 15 is 0 Å². The largest absolute Gasteiger partial charge is 0.493 e. The van der Waals surface area contributed by atoms with Gasteiger partial charge in [-0.2, -0.15) is 0 Å². The molecule has 0 saturated heterocycles. The number of anilines is 1. The number of carbonyl (C=O) groups is 1. The van der Waals surface area contributed by atoms with Gasteiger partial charge in [0.05, 0.1) is 18.4 Å². The molecule has 1 aromatic heterocycles. The number of halogens is 2. The van der Waals surface area contributed by atoms with Gasteiger partial charge in [-0.05, 0) is 37.3 Å². The SMILES string of the molecule is COc1ccccc1OCc1c(C(=O)Nc2ccc(Br)cc2F)noc1C. The van der Waals surface area contributed by atoms with Crippen molar-refractivity contribution in [1.82, 2.24) is 5.16 Å². The molecule has 0 atom stereocenters. The first-order chi connectivity index (χ1) is 13.0. The molecule has 1 amide bonds. The van der Waals surface area contributed by atoms with Crippen LogP contribution in [-0.4, -0.2) is 18.2 Å². The quantitative estimate of drug-likeness (QED) is 0.607. The lowest BCUT2D eigenvalue weighted by molar-refractivity contribution is 0.101. The molecule has 140 valence electrons. The summed E-state index contributed by atoms with van der Waals surface area (Å²) in [6, 6.07) is 11.5. The van der Waals surface area contributed by atoms with Crippen molar-refractivity contribution in [1.29, 1.82) is 0 Å². The van der Waals surface area contributed by atoms with E-state index in [9.17, 15) is 9.18 Å². The van der Waals surface area contributed by atoms with E-state index in [2.05, 4.69) is 26.4 Å². The Morgan fingerprint density at radius 1 is 1.26 bits per heavy atom. The molecule has 3 aromatic rings. The van der Waals surface area contributed by atoms with Gasteiger partial charge >= 0.3 is 0 Å². The molecule has 0 unspecified atom stereocenters. The number of nitrogens with zero attached hydrogens (tertiary/aromatic N) is 1. The monoisotopic (exact) mass is 434 g/mol. The Morgan fingerprint density at radius 2 is 2.00 bits per heavy atom. The first-order valence-corrected chi connectivity index (χ1v) is 8.76. The lowest BCUT2D eigenvalue weighted by atomic mass is 10.2. The number of aromatic nitrogens is 1. The first-order valence-electron chi connectivity index (χ1n) is 7.97. The third kappa shape index (κ3) is 4.28. The van der Waals surface area contributed by atoms with Crippen molar-refractivity contribution in [3.8, 4) is 11.5 Å². The van der Waals surface area contributed by atoms with Crippen LogP contribution in [0.5, 0.6) is 11.5 Å². The molecule has 6 nitrogen and oxygen atoms in total. The summed E-state index contributed by atoms with van der Waals surface area (Å²) in [6.45, 7) is 1.71. The summed E-state index contributed by atoms with van der Waals surface area (Å²) in [4.78, 5) is 12.5. The Balaban J connectivity index is 1.78. The number of nitrogens with one attached hydrogen (secondary N) is 1. The maximum atomic E-state index is 14.0. The molecular formula is C19H16BrFN2O4. The summed E-state index contributed by atoms with van der Waals surface area (Å²) in [5.41, 5.74) is 0.543. The second-order valence-corrected chi connectivity index (χ2v) is 6.50. The highest BCUT2D eigenvalue weighted by atomic mass is 79.9. The third-order valence-corrected chi connectivity index (χ3v) is 4.31. The van der Waals surface area contributed by atoms with Crippen LogP contribution in [0, 0.1) is 12.7 Å². The van der Waals surface area contributed by atoms with Gasteiger partial charge in [-0.1, -0.05) is 33.2 Å². The van der Waals surface area contributed by atoms with Gasteiger partial charge in [-0.25, -0.2) is 4.39 Å². The Kier molecular flexibility index (Phi) is 5.75. The fraction of sp³-hybridized carbons (Fsp3) is 0.158.